The molecule has 0 amide bonds. The Kier molecular flexibility index (Phi) is 4.54. The van der Waals surface area contributed by atoms with E-state index in [2.05, 4.69) is 27.2 Å². The quantitative estimate of drug-likeness (QED) is 0.926. The van der Waals surface area contributed by atoms with Crippen molar-refractivity contribution in [2.75, 3.05) is 40.3 Å². The van der Waals surface area contributed by atoms with Gasteiger partial charge in [-0.05, 0) is 43.6 Å². The molecule has 3 rings (SSSR count). The van der Waals surface area contributed by atoms with E-state index in [9.17, 15) is 4.39 Å². The maximum Gasteiger partial charge on any atom is 0.193 e. The zero-order valence-electron chi connectivity index (χ0n) is 13.0. The fourth-order valence-electron chi connectivity index (χ4n) is 3.41. The van der Waals surface area contributed by atoms with Gasteiger partial charge in [-0.15, -0.1) is 0 Å². The average Bonchev–Trinajstić information content (AvgIpc) is 3.06. The topological polar surface area (TPSA) is 30.9 Å². The van der Waals surface area contributed by atoms with Crippen molar-refractivity contribution in [2.45, 2.75) is 12.5 Å². The molecule has 22 heavy (non-hydrogen) atoms. The molecule has 2 unspecified atom stereocenters. The molecule has 1 saturated heterocycles. The molecule has 1 fully saturated rings. The Balaban J connectivity index is 1.71. The maximum atomic E-state index is 13.8. The molecule has 0 radical (unpaired) electrons. The van der Waals surface area contributed by atoms with Gasteiger partial charge in [0, 0.05) is 26.2 Å². The van der Waals surface area contributed by atoms with Crippen LogP contribution in [0.4, 0.5) is 4.39 Å². The van der Waals surface area contributed by atoms with E-state index < -0.39 is 0 Å². The van der Waals surface area contributed by atoms with Gasteiger partial charge in [0.25, 0.3) is 0 Å². The molecule has 1 aromatic rings. The van der Waals surface area contributed by atoms with Crippen molar-refractivity contribution in [2.24, 2.45) is 10.9 Å². The molecule has 0 saturated carbocycles. The van der Waals surface area contributed by atoms with Crippen LogP contribution in [-0.4, -0.2) is 56.0 Å². The van der Waals surface area contributed by atoms with Gasteiger partial charge in [0.05, 0.1) is 11.6 Å². The molecule has 2 heterocycles. The van der Waals surface area contributed by atoms with Crippen molar-refractivity contribution < 1.29 is 4.39 Å². The zero-order chi connectivity index (χ0) is 15.7. The van der Waals surface area contributed by atoms with Crippen LogP contribution < -0.4 is 5.32 Å². The molecule has 2 aliphatic heterocycles. The number of aliphatic imine (C=N–C) groups is 1. The van der Waals surface area contributed by atoms with Crippen LogP contribution in [0.15, 0.2) is 23.2 Å². The van der Waals surface area contributed by atoms with E-state index >= 15 is 0 Å². The summed E-state index contributed by atoms with van der Waals surface area (Å²) in [6, 6.07) is 5.37. The Morgan fingerprint density at radius 2 is 2.18 bits per heavy atom. The summed E-state index contributed by atoms with van der Waals surface area (Å²) in [6.45, 7) is 3.69. The smallest absolute Gasteiger partial charge is 0.193 e. The van der Waals surface area contributed by atoms with Crippen molar-refractivity contribution in [3.63, 3.8) is 0 Å². The lowest BCUT2D eigenvalue weighted by Gasteiger charge is -2.27. The van der Waals surface area contributed by atoms with Crippen LogP contribution >= 0.6 is 11.6 Å². The molecule has 2 atom stereocenters. The zero-order valence-corrected chi connectivity index (χ0v) is 13.8. The molecule has 1 N–H and O–H groups in total. The predicted octanol–water partition coefficient (Wildman–Crippen LogP) is 2.36. The van der Waals surface area contributed by atoms with Gasteiger partial charge < -0.3 is 10.2 Å². The van der Waals surface area contributed by atoms with E-state index in [4.69, 9.17) is 11.6 Å². The van der Waals surface area contributed by atoms with Crippen molar-refractivity contribution in [3.05, 3.63) is 34.6 Å². The third-order valence-electron chi connectivity index (χ3n) is 4.64. The Labute approximate surface area is 136 Å². The lowest BCUT2D eigenvalue weighted by atomic mass is 9.93. The number of likely N-dealkylation sites (tertiary alicyclic amines) is 1. The first-order chi connectivity index (χ1) is 10.6. The number of hydrogen-bond donors (Lipinski definition) is 1. The highest BCUT2D eigenvalue weighted by Gasteiger charge is 2.33. The van der Waals surface area contributed by atoms with Crippen LogP contribution in [0, 0.1) is 11.7 Å². The molecule has 0 spiro atoms. The SMILES string of the molecule is CN1CCN=C1NCC1CCN(C)C1c1ccc(Cl)c(F)c1. The largest absolute Gasteiger partial charge is 0.356 e. The lowest BCUT2D eigenvalue weighted by molar-refractivity contribution is 0.275. The van der Waals surface area contributed by atoms with Crippen LogP contribution in [0.25, 0.3) is 0 Å². The number of benzene rings is 1. The molecule has 0 aromatic heterocycles. The van der Waals surface area contributed by atoms with Crippen LogP contribution in [0.5, 0.6) is 0 Å². The van der Waals surface area contributed by atoms with E-state index in [0.29, 0.717) is 5.92 Å². The molecular formula is C16H22ClFN4. The number of rotatable bonds is 3. The van der Waals surface area contributed by atoms with Crippen LogP contribution in [0.1, 0.15) is 18.0 Å². The van der Waals surface area contributed by atoms with E-state index in [1.54, 1.807) is 12.1 Å². The Hall–Kier alpha value is -1.33. The Bertz CT molecular complexity index is 577. The third kappa shape index (κ3) is 3.06. The summed E-state index contributed by atoms with van der Waals surface area (Å²) >= 11 is 5.80. The van der Waals surface area contributed by atoms with Gasteiger partial charge in [-0.25, -0.2) is 4.39 Å². The predicted molar refractivity (Wildman–Crippen MR) is 87.8 cm³/mol. The van der Waals surface area contributed by atoms with Crippen molar-refractivity contribution in [3.8, 4) is 0 Å². The Morgan fingerprint density at radius 1 is 1.36 bits per heavy atom. The van der Waals surface area contributed by atoms with Crippen LogP contribution in [0.3, 0.4) is 0 Å². The van der Waals surface area contributed by atoms with E-state index in [1.165, 1.54) is 0 Å². The summed E-state index contributed by atoms with van der Waals surface area (Å²) in [5, 5.41) is 3.63. The van der Waals surface area contributed by atoms with Gasteiger partial charge in [0.1, 0.15) is 5.82 Å². The molecule has 4 nitrogen and oxygen atoms in total. The number of halogens is 2. The van der Waals surface area contributed by atoms with Crippen molar-refractivity contribution >= 4 is 17.6 Å². The first-order valence-electron chi connectivity index (χ1n) is 7.71. The molecule has 120 valence electrons. The molecule has 0 bridgehead atoms. The molecular weight excluding hydrogens is 303 g/mol. The minimum Gasteiger partial charge on any atom is -0.356 e. The maximum absolute atomic E-state index is 13.8. The van der Waals surface area contributed by atoms with E-state index in [0.717, 1.165) is 44.1 Å². The van der Waals surface area contributed by atoms with Gasteiger partial charge in [0.2, 0.25) is 0 Å². The van der Waals surface area contributed by atoms with Crippen LogP contribution in [0.2, 0.25) is 5.02 Å². The summed E-state index contributed by atoms with van der Waals surface area (Å²) < 4.78 is 13.8. The van der Waals surface area contributed by atoms with Gasteiger partial charge in [0.15, 0.2) is 5.96 Å². The number of hydrogen-bond acceptors (Lipinski definition) is 4. The second kappa shape index (κ2) is 6.42. The van der Waals surface area contributed by atoms with Gasteiger partial charge >= 0.3 is 0 Å². The first-order valence-corrected chi connectivity index (χ1v) is 8.08. The standard InChI is InChI=1S/C16H22ClFN4/c1-21-7-5-12(10-20-16-19-6-8-22(16)2)15(21)11-3-4-13(17)14(18)9-11/h3-4,9,12,15H,5-8,10H2,1-2H3,(H,19,20). The average molecular weight is 325 g/mol. The number of guanidine groups is 1. The molecule has 6 heteroatoms. The van der Waals surface area contributed by atoms with Gasteiger partial charge in [-0.3, -0.25) is 9.89 Å². The van der Waals surface area contributed by atoms with E-state index in [-0.39, 0.29) is 16.9 Å². The number of likely N-dealkylation sites (N-methyl/N-ethyl adjacent to an activating group) is 1. The Morgan fingerprint density at radius 3 is 2.86 bits per heavy atom. The lowest BCUT2D eigenvalue weighted by Crippen LogP contribution is -2.39. The molecule has 0 aliphatic carbocycles. The summed E-state index contributed by atoms with van der Waals surface area (Å²) in [6.07, 6.45) is 1.09. The summed E-state index contributed by atoms with van der Waals surface area (Å²) in [7, 11) is 4.14. The highest BCUT2D eigenvalue weighted by Crippen LogP contribution is 2.36. The number of nitrogens with zero attached hydrogens (tertiary/aromatic N) is 3. The minimum atomic E-state index is -0.342. The first kappa shape index (κ1) is 15.6. The van der Waals surface area contributed by atoms with E-state index in [1.807, 2.05) is 13.1 Å². The third-order valence-corrected chi connectivity index (χ3v) is 4.95. The van der Waals surface area contributed by atoms with Crippen LogP contribution in [-0.2, 0) is 0 Å². The second-order valence-corrected chi connectivity index (χ2v) is 6.56. The van der Waals surface area contributed by atoms with Gasteiger partial charge in [-0.1, -0.05) is 17.7 Å². The molecule has 2 aliphatic rings. The summed E-state index contributed by atoms with van der Waals surface area (Å²) in [4.78, 5) is 8.88. The monoisotopic (exact) mass is 324 g/mol. The van der Waals surface area contributed by atoms with Crippen molar-refractivity contribution in [1.82, 2.24) is 15.1 Å². The number of nitrogens with one attached hydrogen (secondary N) is 1. The fourth-order valence-corrected chi connectivity index (χ4v) is 3.53. The highest BCUT2D eigenvalue weighted by molar-refractivity contribution is 6.30. The van der Waals surface area contributed by atoms with Gasteiger partial charge in [-0.2, -0.15) is 0 Å². The normalized spacial score (nSPS) is 25.6. The molecule has 1 aromatic carbocycles. The highest BCUT2D eigenvalue weighted by atomic mass is 35.5. The fraction of sp³-hybridized carbons (Fsp3) is 0.562. The minimum absolute atomic E-state index is 0.181. The van der Waals surface area contributed by atoms with Crippen molar-refractivity contribution in [1.29, 1.82) is 0 Å². The summed E-state index contributed by atoms with van der Waals surface area (Å²) in [5.41, 5.74) is 0.996. The second-order valence-electron chi connectivity index (χ2n) is 6.16. The summed E-state index contributed by atoms with van der Waals surface area (Å²) in [5.74, 6) is 1.06.